The van der Waals surface area contributed by atoms with Crippen molar-refractivity contribution >= 4 is 17.6 Å². The summed E-state index contributed by atoms with van der Waals surface area (Å²) in [6.07, 6.45) is 0. The molecule has 138 valence electrons. The predicted octanol–water partition coefficient (Wildman–Crippen LogP) is 2.82. The van der Waals surface area contributed by atoms with Crippen molar-refractivity contribution in [2.75, 3.05) is 31.7 Å². The Kier molecular flexibility index (Phi) is 7.45. The highest BCUT2D eigenvalue weighted by atomic mass is 16.5. The van der Waals surface area contributed by atoms with E-state index in [0.717, 1.165) is 0 Å². The Morgan fingerprint density at radius 1 is 1.04 bits per heavy atom. The number of nitrogens with one attached hydrogen (secondary N) is 1. The minimum atomic E-state index is -1.07. The molecule has 26 heavy (non-hydrogen) atoms. The zero-order valence-corrected chi connectivity index (χ0v) is 14.4. The first-order valence-corrected chi connectivity index (χ1v) is 8.15. The van der Waals surface area contributed by atoms with Crippen LogP contribution in [0.1, 0.15) is 17.3 Å². The number of para-hydroxylation sites is 1. The number of rotatable bonds is 10. The highest BCUT2D eigenvalue weighted by Crippen LogP contribution is 2.22. The van der Waals surface area contributed by atoms with Crippen molar-refractivity contribution < 1.29 is 28.9 Å². The quantitative estimate of drug-likeness (QED) is 0.634. The molecule has 0 saturated heterocycles. The summed E-state index contributed by atoms with van der Waals surface area (Å²) in [5.74, 6) is -0.598. The molecule has 1 amide bonds. The average Bonchev–Trinajstić information content (AvgIpc) is 2.64. The number of carbonyl (C=O) groups is 2. The predicted molar refractivity (Wildman–Crippen MR) is 96.0 cm³/mol. The van der Waals surface area contributed by atoms with Crippen molar-refractivity contribution in [3.8, 4) is 11.5 Å². The molecule has 0 aliphatic rings. The maximum atomic E-state index is 12.5. The molecule has 0 radical (unpaired) electrons. The van der Waals surface area contributed by atoms with E-state index in [1.165, 1.54) is 0 Å². The number of carbonyl (C=O) groups excluding carboxylic acids is 1. The average molecular weight is 359 g/mol. The van der Waals surface area contributed by atoms with Crippen LogP contribution in [0.5, 0.6) is 11.5 Å². The third-order valence-corrected chi connectivity index (χ3v) is 3.28. The Morgan fingerprint density at radius 3 is 2.62 bits per heavy atom. The highest BCUT2D eigenvalue weighted by Gasteiger charge is 2.13. The summed E-state index contributed by atoms with van der Waals surface area (Å²) in [6.45, 7) is 2.83. The van der Waals surface area contributed by atoms with E-state index in [1.807, 2.05) is 6.92 Å². The van der Waals surface area contributed by atoms with Gasteiger partial charge in [0.05, 0.1) is 12.2 Å². The molecule has 0 bridgehead atoms. The summed E-state index contributed by atoms with van der Waals surface area (Å²) in [7, 11) is 0. The van der Waals surface area contributed by atoms with Crippen molar-refractivity contribution in [2.24, 2.45) is 0 Å². The second kappa shape index (κ2) is 10.0. The fraction of sp³-hybridized carbons (Fsp3) is 0.263. The number of hydrogen-bond donors (Lipinski definition) is 2. The van der Waals surface area contributed by atoms with Gasteiger partial charge in [0.25, 0.3) is 5.91 Å². The molecule has 2 rings (SSSR count). The maximum Gasteiger partial charge on any atom is 0.341 e. The Balaban J connectivity index is 2.03. The number of carboxylic acids is 1. The molecular formula is C19H21NO6. The van der Waals surface area contributed by atoms with Crippen LogP contribution in [0, 0.1) is 0 Å². The van der Waals surface area contributed by atoms with Crippen molar-refractivity contribution in [3.63, 3.8) is 0 Å². The molecule has 0 atom stereocenters. The van der Waals surface area contributed by atoms with E-state index in [9.17, 15) is 9.59 Å². The van der Waals surface area contributed by atoms with Crippen LogP contribution in [-0.4, -0.2) is 43.4 Å². The second-order valence-electron chi connectivity index (χ2n) is 5.21. The molecule has 2 aromatic rings. The molecular weight excluding hydrogens is 338 g/mol. The lowest BCUT2D eigenvalue weighted by Gasteiger charge is -2.12. The third-order valence-electron chi connectivity index (χ3n) is 3.28. The molecule has 0 saturated carbocycles. The molecule has 0 aliphatic carbocycles. The summed E-state index contributed by atoms with van der Waals surface area (Å²) < 4.78 is 15.9. The second-order valence-corrected chi connectivity index (χ2v) is 5.21. The van der Waals surface area contributed by atoms with E-state index in [2.05, 4.69) is 5.32 Å². The monoisotopic (exact) mass is 359 g/mol. The summed E-state index contributed by atoms with van der Waals surface area (Å²) in [4.78, 5) is 23.1. The first-order chi connectivity index (χ1) is 12.6. The lowest BCUT2D eigenvalue weighted by Crippen LogP contribution is -2.15. The molecule has 2 N–H and O–H groups in total. The van der Waals surface area contributed by atoms with Crippen LogP contribution in [0.4, 0.5) is 5.69 Å². The maximum absolute atomic E-state index is 12.5. The number of ether oxygens (including phenoxy) is 3. The zero-order chi connectivity index (χ0) is 18.8. The number of carboxylic acid groups (broad SMARTS) is 1. The van der Waals surface area contributed by atoms with Gasteiger partial charge in [0, 0.05) is 18.4 Å². The van der Waals surface area contributed by atoms with Crippen LogP contribution in [0.3, 0.4) is 0 Å². The number of benzene rings is 2. The van der Waals surface area contributed by atoms with E-state index in [1.54, 1.807) is 48.5 Å². The molecule has 7 heteroatoms. The molecule has 0 heterocycles. The van der Waals surface area contributed by atoms with Gasteiger partial charge in [-0.3, -0.25) is 4.79 Å². The fourth-order valence-corrected chi connectivity index (χ4v) is 2.14. The SMILES string of the molecule is CCOCCOc1ccccc1C(=O)Nc1cccc(OCC(=O)O)c1. The van der Waals surface area contributed by atoms with E-state index in [4.69, 9.17) is 19.3 Å². The highest BCUT2D eigenvalue weighted by molar-refractivity contribution is 6.06. The molecule has 0 aliphatic heterocycles. The number of anilines is 1. The first kappa shape index (κ1) is 19.3. The van der Waals surface area contributed by atoms with Gasteiger partial charge in [-0.15, -0.1) is 0 Å². The fourth-order valence-electron chi connectivity index (χ4n) is 2.14. The molecule has 0 unspecified atom stereocenters. The molecule has 7 nitrogen and oxygen atoms in total. The van der Waals surface area contributed by atoms with E-state index in [0.29, 0.717) is 42.6 Å². The van der Waals surface area contributed by atoms with Gasteiger partial charge in [0.15, 0.2) is 6.61 Å². The minimum Gasteiger partial charge on any atom is -0.490 e. The summed E-state index contributed by atoms with van der Waals surface area (Å²) in [5, 5.41) is 11.4. The molecule has 2 aromatic carbocycles. The van der Waals surface area contributed by atoms with Crippen LogP contribution in [0.15, 0.2) is 48.5 Å². The largest absolute Gasteiger partial charge is 0.490 e. The number of aliphatic carboxylic acids is 1. The van der Waals surface area contributed by atoms with E-state index >= 15 is 0 Å². The van der Waals surface area contributed by atoms with Crippen LogP contribution in [-0.2, 0) is 9.53 Å². The van der Waals surface area contributed by atoms with Crippen molar-refractivity contribution in [3.05, 3.63) is 54.1 Å². The summed E-state index contributed by atoms with van der Waals surface area (Å²) in [6, 6.07) is 13.4. The summed E-state index contributed by atoms with van der Waals surface area (Å²) in [5.41, 5.74) is 0.878. The lowest BCUT2D eigenvalue weighted by molar-refractivity contribution is -0.139. The standard InChI is InChI=1S/C19H21NO6/c1-2-24-10-11-25-17-9-4-3-8-16(17)19(23)20-14-6-5-7-15(12-14)26-13-18(21)22/h3-9,12H,2,10-11,13H2,1H3,(H,20,23)(H,21,22). The van der Waals surface area contributed by atoms with E-state index in [-0.39, 0.29) is 5.91 Å². The molecule has 0 fully saturated rings. The van der Waals surface area contributed by atoms with Gasteiger partial charge in [-0.25, -0.2) is 4.79 Å². The minimum absolute atomic E-state index is 0.340. The smallest absolute Gasteiger partial charge is 0.341 e. The Hall–Kier alpha value is -3.06. The first-order valence-electron chi connectivity index (χ1n) is 8.15. The van der Waals surface area contributed by atoms with Crippen LogP contribution in [0.25, 0.3) is 0 Å². The number of amides is 1. The van der Waals surface area contributed by atoms with Crippen LogP contribution >= 0.6 is 0 Å². The van der Waals surface area contributed by atoms with Crippen LogP contribution in [0.2, 0.25) is 0 Å². The van der Waals surface area contributed by atoms with E-state index < -0.39 is 12.6 Å². The van der Waals surface area contributed by atoms with Gasteiger partial charge in [0.1, 0.15) is 18.1 Å². The summed E-state index contributed by atoms with van der Waals surface area (Å²) >= 11 is 0. The van der Waals surface area contributed by atoms with Gasteiger partial charge in [0.2, 0.25) is 0 Å². The Bertz CT molecular complexity index is 746. The van der Waals surface area contributed by atoms with Crippen molar-refractivity contribution in [1.82, 2.24) is 0 Å². The topological polar surface area (TPSA) is 94.1 Å². The van der Waals surface area contributed by atoms with Crippen molar-refractivity contribution in [2.45, 2.75) is 6.92 Å². The zero-order valence-electron chi connectivity index (χ0n) is 14.4. The molecule has 0 spiro atoms. The Labute approximate surface area is 151 Å². The third kappa shape index (κ3) is 6.10. The lowest BCUT2D eigenvalue weighted by atomic mass is 10.2. The van der Waals surface area contributed by atoms with Crippen LogP contribution < -0.4 is 14.8 Å². The van der Waals surface area contributed by atoms with Gasteiger partial charge < -0.3 is 24.6 Å². The van der Waals surface area contributed by atoms with Gasteiger partial charge in [-0.1, -0.05) is 18.2 Å². The van der Waals surface area contributed by atoms with Gasteiger partial charge >= 0.3 is 5.97 Å². The van der Waals surface area contributed by atoms with Crippen molar-refractivity contribution in [1.29, 1.82) is 0 Å². The van der Waals surface area contributed by atoms with Gasteiger partial charge in [-0.05, 0) is 31.2 Å². The molecule has 0 aromatic heterocycles. The number of hydrogen-bond acceptors (Lipinski definition) is 5. The van der Waals surface area contributed by atoms with Gasteiger partial charge in [-0.2, -0.15) is 0 Å². The Morgan fingerprint density at radius 2 is 1.85 bits per heavy atom. The normalized spacial score (nSPS) is 10.2.